The second-order valence-corrected chi connectivity index (χ2v) is 5.53. The molecule has 0 bridgehead atoms. The molecule has 0 spiro atoms. The number of para-hydroxylation sites is 1. The maximum absolute atomic E-state index is 12.1. The Bertz CT molecular complexity index is 660. The van der Waals surface area contributed by atoms with Gasteiger partial charge in [0.2, 0.25) is 0 Å². The van der Waals surface area contributed by atoms with Crippen LogP contribution in [-0.2, 0) is 0 Å². The lowest BCUT2D eigenvalue weighted by Crippen LogP contribution is -1.95. The van der Waals surface area contributed by atoms with Crippen molar-refractivity contribution in [2.45, 2.75) is 0 Å². The fourth-order valence-corrected chi connectivity index (χ4v) is 2.28. The zero-order valence-corrected chi connectivity index (χ0v) is 14.0. The van der Waals surface area contributed by atoms with Gasteiger partial charge < -0.3 is 9.47 Å². The molecule has 2 aromatic rings. The minimum Gasteiger partial charge on any atom is -0.493 e. The molecule has 108 valence electrons. The molecule has 0 aliphatic carbocycles. The number of ketones is 1. The predicted octanol–water partition coefficient (Wildman–Crippen LogP) is 4.20. The molecule has 3 nitrogen and oxygen atoms in total. The maximum Gasteiger partial charge on any atom is 0.185 e. The summed E-state index contributed by atoms with van der Waals surface area (Å²) in [6, 6.07) is 13.0. The van der Waals surface area contributed by atoms with Crippen molar-refractivity contribution in [2.75, 3.05) is 14.2 Å². The molecule has 0 radical (unpaired) electrons. The molecule has 0 heterocycles. The summed E-state index contributed by atoms with van der Waals surface area (Å²) in [4.78, 5) is 12.1. The lowest BCUT2D eigenvalue weighted by Gasteiger charge is -2.09. The quantitative estimate of drug-likeness (QED) is 0.433. The first-order chi connectivity index (χ1) is 10.2. The molecule has 0 saturated carbocycles. The Balaban J connectivity index is 2.25. The van der Waals surface area contributed by atoms with Crippen LogP contribution in [0.1, 0.15) is 15.9 Å². The van der Waals surface area contributed by atoms with Crippen molar-refractivity contribution < 1.29 is 14.3 Å². The summed E-state index contributed by atoms with van der Waals surface area (Å²) in [6.07, 6.45) is 3.28. The van der Waals surface area contributed by atoms with Gasteiger partial charge >= 0.3 is 0 Å². The van der Waals surface area contributed by atoms with Gasteiger partial charge in [0.05, 0.1) is 14.2 Å². The molecule has 0 aromatic heterocycles. The number of benzene rings is 2. The number of hydrogen-bond acceptors (Lipinski definition) is 3. The molecule has 0 fully saturated rings. The number of carbonyl (C=O) groups excluding carboxylic acids is 1. The Kier molecular flexibility index (Phi) is 5.38. The fraction of sp³-hybridized carbons (Fsp3) is 0.118. The molecule has 4 heteroatoms. The van der Waals surface area contributed by atoms with E-state index in [1.165, 1.54) is 0 Å². The molecule has 0 atom stereocenters. The van der Waals surface area contributed by atoms with E-state index in [1.54, 1.807) is 26.4 Å². The van der Waals surface area contributed by atoms with E-state index in [4.69, 9.17) is 9.47 Å². The lowest BCUT2D eigenvalue weighted by molar-refractivity contribution is 0.104. The van der Waals surface area contributed by atoms with E-state index in [0.29, 0.717) is 17.1 Å². The number of allylic oxidation sites excluding steroid dienone is 1. The van der Waals surface area contributed by atoms with Gasteiger partial charge in [0.25, 0.3) is 0 Å². The van der Waals surface area contributed by atoms with Crippen LogP contribution in [0, 0.1) is 3.57 Å². The van der Waals surface area contributed by atoms with Crippen LogP contribution in [-0.4, -0.2) is 20.0 Å². The molecular formula is C17H15IO3. The van der Waals surface area contributed by atoms with Crippen LogP contribution in [0.25, 0.3) is 6.08 Å². The molecule has 0 N–H and O–H groups in total. The first kappa shape index (κ1) is 15.6. The molecule has 21 heavy (non-hydrogen) atoms. The minimum absolute atomic E-state index is 0.0451. The summed E-state index contributed by atoms with van der Waals surface area (Å²) in [5.41, 5.74) is 1.46. The molecule has 2 aromatic carbocycles. The van der Waals surface area contributed by atoms with Crippen LogP contribution in [0.2, 0.25) is 0 Å². The fourth-order valence-electron chi connectivity index (χ4n) is 1.92. The molecule has 0 aliphatic rings. The van der Waals surface area contributed by atoms with Crippen molar-refractivity contribution >= 4 is 34.5 Å². The number of carbonyl (C=O) groups is 1. The number of hydrogen-bond donors (Lipinski definition) is 0. The average molecular weight is 394 g/mol. The van der Waals surface area contributed by atoms with E-state index < -0.39 is 0 Å². The summed E-state index contributed by atoms with van der Waals surface area (Å²) < 4.78 is 11.7. The van der Waals surface area contributed by atoms with E-state index >= 15 is 0 Å². The highest BCUT2D eigenvalue weighted by Gasteiger charge is 2.07. The first-order valence-corrected chi connectivity index (χ1v) is 7.42. The smallest absolute Gasteiger partial charge is 0.185 e. The van der Waals surface area contributed by atoms with Crippen molar-refractivity contribution in [2.24, 2.45) is 0 Å². The second kappa shape index (κ2) is 7.26. The third kappa shape index (κ3) is 3.85. The summed E-state index contributed by atoms with van der Waals surface area (Å²) in [5, 5.41) is 0. The van der Waals surface area contributed by atoms with E-state index in [1.807, 2.05) is 42.5 Å². The molecular weight excluding hydrogens is 379 g/mol. The summed E-state index contributed by atoms with van der Waals surface area (Å²) in [6.45, 7) is 0. The van der Waals surface area contributed by atoms with Crippen molar-refractivity contribution in [1.29, 1.82) is 0 Å². The summed E-state index contributed by atoms with van der Waals surface area (Å²) >= 11 is 2.21. The van der Waals surface area contributed by atoms with Gasteiger partial charge in [-0.25, -0.2) is 0 Å². The van der Waals surface area contributed by atoms with Crippen molar-refractivity contribution in [3.8, 4) is 11.5 Å². The zero-order valence-electron chi connectivity index (χ0n) is 11.8. The Morgan fingerprint density at radius 3 is 2.38 bits per heavy atom. The van der Waals surface area contributed by atoms with Gasteiger partial charge in [0, 0.05) is 14.7 Å². The molecule has 0 saturated heterocycles. The van der Waals surface area contributed by atoms with E-state index in [0.717, 1.165) is 9.13 Å². The van der Waals surface area contributed by atoms with Crippen molar-refractivity contribution in [3.63, 3.8) is 0 Å². The Labute approximate surface area is 137 Å². The highest BCUT2D eigenvalue weighted by atomic mass is 127. The number of halogens is 1. The Morgan fingerprint density at radius 1 is 1.05 bits per heavy atom. The maximum atomic E-state index is 12.1. The van der Waals surface area contributed by atoms with E-state index in [-0.39, 0.29) is 5.78 Å². The minimum atomic E-state index is -0.0451. The van der Waals surface area contributed by atoms with Crippen LogP contribution < -0.4 is 9.47 Å². The highest BCUT2D eigenvalue weighted by molar-refractivity contribution is 14.1. The van der Waals surface area contributed by atoms with Gasteiger partial charge in [0.15, 0.2) is 17.3 Å². The van der Waals surface area contributed by atoms with Crippen molar-refractivity contribution in [3.05, 3.63) is 63.2 Å². The molecule has 0 amide bonds. The molecule has 2 rings (SSSR count). The zero-order chi connectivity index (χ0) is 15.2. The van der Waals surface area contributed by atoms with Crippen molar-refractivity contribution in [1.82, 2.24) is 0 Å². The lowest BCUT2D eigenvalue weighted by atomic mass is 10.1. The molecule has 0 unspecified atom stereocenters. The Hall–Kier alpha value is -1.82. The Morgan fingerprint density at radius 2 is 1.76 bits per heavy atom. The van der Waals surface area contributed by atoms with Gasteiger partial charge in [-0.3, -0.25) is 4.79 Å². The average Bonchev–Trinajstić information content (AvgIpc) is 2.52. The standard InChI is InChI=1S/C17H15IO3/c1-20-16-5-3-4-13(17(16)21-2)8-11-15(19)12-6-9-14(18)10-7-12/h3-11H,1-2H3/b11-8-. The summed E-state index contributed by atoms with van der Waals surface area (Å²) in [7, 11) is 3.16. The second-order valence-electron chi connectivity index (χ2n) is 4.29. The van der Waals surface area contributed by atoms with Crippen LogP contribution >= 0.6 is 22.6 Å². The monoisotopic (exact) mass is 394 g/mol. The summed E-state index contributed by atoms with van der Waals surface area (Å²) in [5.74, 6) is 1.21. The number of methoxy groups -OCH3 is 2. The third-order valence-corrected chi connectivity index (χ3v) is 3.70. The predicted molar refractivity (Wildman–Crippen MR) is 92.1 cm³/mol. The largest absolute Gasteiger partial charge is 0.493 e. The van der Waals surface area contributed by atoms with Crippen LogP contribution in [0.5, 0.6) is 11.5 Å². The highest BCUT2D eigenvalue weighted by Crippen LogP contribution is 2.31. The first-order valence-electron chi connectivity index (χ1n) is 6.34. The number of rotatable bonds is 5. The topological polar surface area (TPSA) is 35.5 Å². The van der Waals surface area contributed by atoms with Gasteiger partial charge in [-0.15, -0.1) is 0 Å². The SMILES string of the molecule is COc1cccc(/C=C\C(=O)c2ccc(I)cc2)c1OC. The van der Waals surface area contributed by atoms with Gasteiger partial charge in [0.1, 0.15) is 0 Å². The van der Waals surface area contributed by atoms with E-state index in [2.05, 4.69) is 22.6 Å². The third-order valence-electron chi connectivity index (χ3n) is 2.98. The van der Waals surface area contributed by atoms with E-state index in [9.17, 15) is 4.79 Å². The van der Waals surface area contributed by atoms with Crippen LogP contribution in [0.4, 0.5) is 0 Å². The van der Waals surface area contributed by atoms with Crippen LogP contribution in [0.15, 0.2) is 48.5 Å². The van der Waals surface area contributed by atoms with Gasteiger partial charge in [-0.05, 0) is 52.9 Å². The van der Waals surface area contributed by atoms with Gasteiger partial charge in [-0.1, -0.05) is 24.3 Å². The molecule has 0 aliphatic heterocycles. The number of ether oxygens (including phenoxy) is 2. The normalized spacial score (nSPS) is 10.6. The van der Waals surface area contributed by atoms with Crippen LogP contribution in [0.3, 0.4) is 0 Å². The van der Waals surface area contributed by atoms with Gasteiger partial charge in [-0.2, -0.15) is 0 Å².